The third-order valence-electron chi connectivity index (χ3n) is 5.28. The first kappa shape index (κ1) is 20.7. The molecule has 30 heavy (non-hydrogen) atoms. The van der Waals surface area contributed by atoms with E-state index in [9.17, 15) is 17.6 Å². The highest BCUT2D eigenvalue weighted by Crippen LogP contribution is 2.27. The minimum Gasteiger partial charge on any atom is -0.378 e. The highest BCUT2D eigenvalue weighted by atomic mass is 32.2. The van der Waals surface area contributed by atoms with E-state index in [1.165, 1.54) is 16.4 Å². The predicted octanol–water partition coefficient (Wildman–Crippen LogP) is 1.85. The van der Waals surface area contributed by atoms with Gasteiger partial charge in [0.15, 0.2) is 0 Å². The number of hydrogen-bond acceptors (Lipinski definition) is 6. The normalized spacial score (nSPS) is 20.3. The van der Waals surface area contributed by atoms with Gasteiger partial charge < -0.3 is 15.0 Å². The molecule has 1 aromatic carbocycles. The minimum absolute atomic E-state index is 0.0277. The second kappa shape index (κ2) is 8.66. The molecule has 1 N–H and O–H groups in total. The maximum absolute atomic E-state index is 13.2. The maximum atomic E-state index is 13.2. The van der Waals surface area contributed by atoms with Crippen molar-refractivity contribution in [1.82, 2.24) is 9.29 Å². The molecule has 1 amide bonds. The Labute approximate surface area is 174 Å². The monoisotopic (exact) mass is 434 g/mol. The second-order valence-corrected chi connectivity index (χ2v) is 9.11. The highest BCUT2D eigenvalue weighted by molar-refractivity contribution is 7.89. The standard InChI is InChI=1S/C20H23FN4O4S/c21-15-3-6-17(7-4-15)30(27,28)25-9-1-2-18(25)20(26)23-16-5-8-19(22-14-16)24-10-12-29-13-11-24/h3-8,14,18H,1-2,9-13H2,(H,23,26). The van der Waals surface area contributed by atoms with Crippen LogP contribution in [0, 0.1) is 5.82 Å². The molecule has 0 aliphatic carbocycles. The molecule has 2 saturated heterocycles. The molecule has 1 unspecified atom stereocenters. The van der Waals surface area contributed by atoms with Crippen LogP contribution in [0.3, 0.4) is 0 Å². The summed E-state index contributed by atoms with van der Waals surface area (Å²) in [7, 11) is -3.89. The van der Waals surface area contributed by atoms with Gasteiger partial charge in [-0.05, 0) is 49.2 Å². The van der Waals surface area contributed by atoms with E-state index in [4.69, 9.17) is 4.74 Å². The Bertz CT molecular complexity index is 992. The number of halogens is 1. The van der Waals surface area contributed by atoms with Crippen molar-refractivity contribution in [1.29, 1.82) is 0 Å². The molecule has 2 aliphatic rings. The van der Waals surface area contributed by atoms with Crippen molar-refractivity contribution in [2.24, 2.45) is 0 Å². The zero-order chi connectivity index (χ0) is 21.1. The summed E-state index contributed by atoms with van der Waals surface area (Å²) in [6, 6.07) is 7.38. The molecule has 3 heterocycles. The van der Waals surface area contributed by atoms with Gasteiger partial charge in [-0.2, -0.15) is 4.31 Å². The van der Waals surface area contributed by atoms with Crippen LogP contribution in [0.2, 0.25) is 0 Å². The van der Waals surface area contributed by atoms with Gasteiger partial charge >= 0.3 is 0 Å². The van der Waals surface area contributed by atoms with Crippen LogP contribution >= 0.6 is 0 Å². The summed E-state index contributed by atoms with van der Waals surface area (Å²) < 4.78 is 45.5. The predicted molar refractivity (Wildman–Crippen MR) is 109 cm³/mol. The molecule has 0 saturated carbocycles. The van der Waals surface area contributed by atoms with Crippen molar-refractivity contribution < 1.29 is 22.3 Å². The number of hydrogen-bond donors (Lipinski definition) is 1. The quantitative estimate of drug-likeness (QED) is 0.772. The first-order chi connectivity index (χ1) is 14.4. The number of aromatic nitrogens is 1. The highest BCUT2D eigenvalue weighted by Gasteiger charge is 2.39. The number of anilines is 2. The molecule has 1 atom stereocenters. The van der Waals surface area contributed by atoms with E-state index >= 15 is 0 Å². The summed E-state index contributed by atoms with van der Waals surface area (Å²) in [6.45, 7) is 3.07. The second-order valence-electron chi connectivity index (χ2n) is 7.22. The van der Waals surface area contributed by atoms with Gasteiger partial charge in [0, 0.05) is 19.6 Å². The third-order valence-corrected chi connectivity index (χ3v) is 7.20. The number of ether oxygens (including phenoxy) is 1. The molecule has 2 fully saturated rings. The van der Waals surface area contributed by atoms with Crippen molar-refractivity contribution in [3.8, 4) is 0 Å². The van der Waals surface area contributed by atoms with E-state index in [0.29, 0.717) is 31.7 Å². The average Bonchev–Trinajstić information content (AvgIpc) is 3.26. The molecule has 8 nitrogen and oxygen atoms in total. The molecular weight excluding hydrogens is 411 g/mol. The van der Waals surface area contributed by atoms with Crippen LogP contribution in [-0.4, -0.2) is 62.5 Å². The van der Waals surface area contributed by atoms with Crippen LogP contribution in [0.1, 0.15) is 12.8 Å². The van der Waals surface area contributed by atoms with Crippen molar-refractivity contribution in [2.45, 2.75) is 23.8 Å². The van der Waals surface area contributed by atoms with Gasteiger partial charge in [-0.15, -0.1) is 0 Å². The molecule has 2 aromatic rings. The molecule has 0 radical (unpaired) electrons. The van der Waals surface area contributed by atoms with Crippen LogP contribution in [0.15, 0.2) is 47.5 Å². The maximum Gasteiger partial charge on any atom is 0.243 e. The van der Waals surface area contributed by atoms with Crippen LogP contribution in [0.4, 0.5) is 15.9 Å². The lowest BCUT2D eigenvalue weighted by Gasteiger charge is -2.28. The van der Waals surface area contributed by atoms with Crippen molar-refractivity contribution in [3.63, 3.8) is 0 Å². The summed E-state index contributed by atoms with van der Waals surface area (Å²) in [6.07, 6.45) is 2.56. The van der Waals surface area contributed by atoms with Crippen LogP contribution in [0.5, 0.6) is 0 Å². The summed E-state index contributed by atoms with van der Waals surface area (Å²) in [5, 5.41) is 2.77. The number of pyridine rings is 1. The van der Waals surface area contributed by atoms with Gasteiger partial charge in [-0.3, -0.25) is 4.79 Å². The molecule has 4 rings (SSSR count). The minimum atomic E-state index is -3.89. The van der Waals surface area contributed by atoms with Gasteiger partial charge in [0.2, 0.25) is 15.9 Å². The number of morpholine rings is 1. The molecule has 0 bridgehead atoms. The Kier molecular flexibility index (Phi) is 5.98. The Hall–Kier alpha value is -2.56. The van der Waals surface area contributed by atoms with Gasteiger partial charge in [-0.25, -0.2) is 17.8 Å². The van der Waals surface area contributed by atoms with E-state index in [-0.39, 0.29) is 11.4 Å². The van der Waals surface area contributed by atoms with Gasteiger partial charge in [-0.1, -0.05) is 0 Å². The Morgan fingerprint density at radius 2 is 1.83 bits per heavy atom. The summed E-state index contributed by atoms with van der Waals surface area (Å²) >= 11 is 0. The first-order valence-electron chi connectivity index (χ1n) is 9.82. The molecule has 160 valence electrons. The number of nitrogens with one attached hydrogen (secondary N) is 1. The van der Waals surface area contributed by atoms with Crippen LogP contribution < -0.4 is 10.2 Å². The SMILES string of the molecule is O=C(Nc1ccc(N2CCOCC2)nc1)C1CCCN1S(=O)(=O)c1ccc(F)cc1. The zero-order valence-corrected chi connectivity index (χ0v) is 17.1. The first-order valence-corrected chi connectivity index (χ1v) is 11.3. The molecule has 0 spiro atoms. The van der Waals surface area contributed by atoms with Gasteiger partial charge in [0.05, 0.1) is 30.0 Å². The number of nitrogens with zero attached hydrogens (tertiary/aromatic N) is 3. The number of amides is 1. The van der Waals surface area contributed by atoms with E-state index in [1.54, 1.807) is 12.3 Å². The van der Waals surface area contributed by atoms with Gasteiger partial charge in [0.1, 0.15) is 17.7 Å². The topological polar surface area (TPSA) is 91.8 Å². The summed E-state index contributed by atoms with van der Waals surface area (Å²) in [5.74, 6) is -0.116. The van der Waals surface area contributed by atoms with E-state index in [0.717, 1.165) is 31.0 Å². The lowest BCUT2D eigenvalue weighted by atomic mass is 10.2. The third kappa shape index (κ3) is 4.30. The fourth-order valence-corrected chi connectivity index (χ4v) is 5.35. The number of benzene rings is 1. The fraction of sp³-hybridized carbons (Fsp3) is 0.400. The lowest BCUT2D eigenvalue weighted by molar-refractivity contribution is -0.119. The number of sulfonamides is 1. The summed E-state index contributed by atoms with van der Waals surface area (Å²) in [4.78, 5) is 19.3. The number of rotatable bonds is 5. The van der Waals surface area contributed by atoms with Crippen LogP contribution in [0.25, 0.3) is 0 Å². The fourth-order valence-electron chi connectivity index (χ4n) is 3.70. The van der Waals surface area contributed by atoms with E-state index < -0.39 is 27.8 Å². The van der Waals surface area contributed by atoms with Crippen molar-refractivity contribution >= 4 is 27.4 Å². The van der Waals surface area contributed by atoms with Gasteiger partial charge in [0.25, 0.3) is 0 Å². The summed E-state index contributed by atoms with van der Waals surface area (Å²) in [5.41, 5.74) is 0.503. The smallest absolute Gasteiger partial charge is 0.243 e. The largest absolute Gasteiger partial charge is 0.378 e. The molecule has 10 heteroatoms. The lowest BCUT2D eigenvalue weighted by Crippen LogP contribution is -2.43. The average molecular weight is 434 g/mol. The molecule has 1 aromatic heterocycles. The Morgan fingerprint density at radius 1 is 1.10 bits per heavy atom. The van der Waals surface area contributed by atoms with Crippen molar-refractivity contribution in [3.05, 3.63) is 48.4 Å². The van der Waals surface area contributed by atoms with Crippen molar-refractivity contribution in [2.75, 3.05) is 43.1 Å². The molecule has 2 aliphatic heterocycles. The molecular formula is C20H23FN4O4S. The number of carbonyl (C=O) groups is 1. The Balaban J connectivity index is 1.45. The van der Waals surface area contributed by atoms with Crippen LogP contribution in [-0.2, 0) is 19.6 Å². The number of carbonyl (C=O) groups excluding carboxylic acids is 1. The van der Waals surface area contributed by atoms with E-state index in [2.05, 4.69) is 15.2 Å². The van der Waals surface area contributed by atoms with E-state index in [1.807, 2.05) is 6.07 Å². The Morgan fingerprint density at radius 3 is 2.50 bits per heavy atom. The zero-order valence-electron chi connectivity index (χ0n) is 16.3.